The number of piperidine rings is 1. The minimum Gasteiger partial charge on any atom is -0.392 e. The molecule has 0 aliphatic carbocycles. The first kappa shape index (κ1) is 23.6. The molecule has 0 spiro atoms. The summed E-state index contributed by atoms with van der Waals surface area (Å²) in [7, 11) is 0. The van der Waals surface area contributed by atoms with E-state index in [9.17, 15) is 23.1 Å². The second-order valence-electron chi connectivity index (χ2n) is 9.10. The van der Waals surface area contributed by atoms with Gasteiger partial charge in [0.2, 0.25) is 0 Å². The molecule has 3 aromatic rings. The van der Waals surface area contributed by atoms with Crippen molar-refractivity contribution in [3.8, 4) is 0 Å². The van der Waals surface area contributed by atoms with Crippen LogP contribution in [0.1, 0.15) is 47.2 Å². The number of nitrogens with zero attached hydrogens (tertiary/aromatic N) is 5. The third-order valence-electron chi connectivity index (χ3n) is 6.92. The summed E-state index contributed by atoms with van der Waals surface area (Å²) in [4.78, 5) is 21.8. The maximum Gasteiger partial charge on any atom is 0.266 e. The Balaban J connectivity index is 1.31. The molecule has 1 unspecified atom stereocenters. The lowest BCUT2D eigenvalue weighted by Gasteiger charge is -2.37. The molecule has 1 amide bonds. The van der Waals surface area contributed by atoms with Crippen LogP contribution in [0.15, 0.2) is 36.8 Å². The van der Waals surface area contributed by atoms with Crippen LogP contribution in [0.25, 0.3) is 5.65 Å². The normalized spacial score (nSPS) is 19.7. The summed E-state index contributed by atoms with van der Waals surface area (Å²) in [6.07, 6.45) is 2.48. The highest BCUT2D eigenvalue weighted by atomic mass is 19.3. The van der Waals surface area contributed by atoms with Gasteiger partial charge in [0, 0.05) is 50.5 Å². The van der Waals surface area contributed by atoms with E-state index in [2.05, 4.69) is 25.2 Å². The van der Waals surface area contributed by atoms with Crippen molar-refractivity contribution in [2.75, 3.05) is 31.1 Å². The smallest absolute Gasteiger partial charge is 0.266 e. The fraction of sp³-hybridized carbons (Fsp3) is 0.458. The number of aliphatic hydroxyl groups is 1. The van der Waals surface area contributed by atoms with Gasteiger partial charge in [-0.3, -0.25) is 9.69 Å². The van der Waals surface area contributed by atoms with Gasteiger partial charge in [-0.15, -0.1) is 0 Å². The van der Waals surface area contributed by atoms with Crippen molar-refractivity contribution in [2.24, 2.45) is 0 Å². The Kier molecular flexibility index (Phi) is 6.61. The van der Waals surface area contributed by atoms with E-state index in [-0.39, 0.29) is 18.2 Å². The largest absolute Gasteiger partial charge is 0.392 e. The van der Waals surface area contributed by atoms with Crippen molar-refractivity contribution >= 4 is 17.2 Å². The van der Waals surface area contributed by atoms with Crippen molar-refractivity contribution in [3.05, 3.63) is 59.3 Å². The molecule has 11 heteroatoms. The Labute approximate surface area is 200 Å². The van der Waals surface area contributed by atoms with E-state index >= 15 is 0 Å². The third kappa shape index (κ3) is 4.83. The third-order valence-corrected chi connectivity index (χ3v) is 6.92. The molecule has 0 radical (unpaired) electrons. The molecule has 1 atom stereocenters. The molecule has 0 bridgehead atoms. The number of hydrogen-bond donors (Lipinski definition) is 2. The number of aliphatic hydroxyl groups excluding tert-OH is 1. The van der Waals surface area contributed by atoms with Crippen LogP contribution >= 0.6 is 0 Å². The monoisotopic (exact) mass is 488 g/mol. The predicted octanol–water partition coefficient (Wildman–Crippen LogP) is 2.77. The maximum atomic E-state index is 14.3. The van der Waals surface area contributed by atoms with Gasteiger partial charge in [0.25, 0.3) is 12.3 Å². The molecule has 35 heavy (non-hydrogen) atoms. The van der Waals surface area contributed by atoms with Gasteiger partial charge in [0.15, 0.2) is 5.65 Å². The second-order valence-corrected chi connectivity index (χ2v) is 9.10. The lowest BCUT2D eigenvalue weighted by atomic mass is 10.0. The number of nitrogens with one attached hydrogen (secondary N) is 1. The van der Waals surface area contributed by atoms with Gasteiger partial charge in [-0.05, 0) is 25.3 Å². The summed E-state index contributed by atoms with van der Waals surface area (Å²) in [5.41, 5.74) is 1.03. The first-order valence-electron chi connectivity index (χ1n) is 11.7. The standard InChI is InChI=1S/C24H27F3N6O2/c25-21-15(2-1-3-19(21)22(26)27)11-28-24(35)16-10-20(23-29-14-30-33(23)12-16)31-7-4-17(5-8-31)32-9-6-18(34)13-32/h1-3,10,12,14,17-18,22,34H,4-9,11,13H2,(H,28,35). The van der Waals surface area contributed by atoms with Crippen LogP contribution in [-0.4, -0.2) is 68.8 Å². The van der Waals surface area contributed by atoms with Gasteiger partial charge in [0.05, 0.1) is 22.9 Å². The van der Waals surface area contributed by atoms with Crippen LogP contribution in [0.2, 0.25) is 0 Å². The number of carbonyl (C=O) groups is 1. The molecule has 4 heterocycles. The summed E-state index contributed by atoms with van der Waals surface area (Å²) in [5, 5.41) is 16.7. The van der Waals surface area contributed by atoms with E-state index in [0.29, 0.717) is 17.3 Å². The number of amides is 1. The summed E-state index contributed by atoms with van der Waals surface area (Å²) in [6.45, 7) is 2.96. The van der Waals surface area contributed by atoms with Crippen LogP contribution in [-0.2, 0) is 6.54 Å². The van der Waals surface area contributed by atoms with Crippen LogP contribution in [0, 0.1) is 5.82 Å². The molecule has 2 N–H and O–H groups in total. The van der Waals surface area contributed by atoms with Crippen LogP contribution in [0.4, 0.5) is 18.9 Å². The molecular formula is C24H27F3N6O2. The fourth-order valence-electron chi connectivity index (χ4n) is 5.02. The molecule has 1 aromatic carbocycles. The van der Waals surface area contributed by atoms with Crippen molar-refractivity contribution in [3.63, 3.8) is 0 Å². The van der Waals surface area contributed by atoms with Crippen LogP contribution < -0.4 is 10.2 Å². The molecule has 0 saturated carbocycles. The number of hydrogen-bond acceptors (Lipinski definition) is 6. The van der Waals surface area contributed by atoms with Gasteiger partial charge in [-0.1, -0.05) is 18.2 Å². The average molecular weight is 489 g/mol. The Morgan fingerprint density at radius 2 is 2.00 bits per heavy atom. The number of fused-ring (bicyclic) bond motifs is 1. The number of alkyl halides is 2. The van der Waals surface area contributed by atoms with Gasteiger partial charge in [0.1, 0.15) is 12.1 Å². The van der Waals surface area contributed by atoms with Crippen molar-refractivity contribution < 1.29 is 23.1 Å². The quantitative estimate of drug-likeness (QED) is 0.555. The maximum absolute atomic E-state index is 14.3. The van der Waals surface area contributed by atoms with E-state index in [4.69, 9.17) is 0 Å². The molecule has 2 saturated heterocycles. The summed E-state index contributed by atoms with van der Waals surface area (Å²) < 4.78 is 41.8. The number of pyridine rings is 1. The van der Waals surface area contributed by atoms with Crippen LogP contribution in [0.3, 0.4) is 0 Å². The molecule has 186 valence electrons. The van der Waals surface area contributed by atoms with Gasteiger partial charge < -0.3 is 15.3 Å². The average Bonchev–Trinajstić information content (AvgIpc) is 3.51. The number of anilines is 1. The highest BCUT2D eigenvalue weighted by Crippen LogP contribution is 2.28. The number of rotatable bonds is 6. The minimum atomic E-state index is -2.93. The van der Waals surface area contributed by atoms with E-state index in [0.717, 1.165) is 57.2 Å². The zero-order chi connectivity index (χ0) is 24.5. The predicted molar refractivity (Wildman–Crippen MR) is 123 cm³/mol. The number of benzene rings is 1. The fourth-order valence-corrected chi connectivity index (χ4v) is 5.02. The number of carbonyl (C=O) groups excluding carboxylic acids is 1. The lowest BCUT2D eigenvalue weighted by Crippen LogP contribution is -2.44. The zero-order valence-corrected chi connectivity index (χ0v) is 19.1. The van der Waals surface area contributed by atoms with Crippen molar-refractivity contribution in [1.82, 2.24) is 24.8 Å². The van der Waals surface area contributed by atoms with Crippen molar-refractivity contribution in [1.29, 1.82) is 0 Å². The molecular weight excluding hydrogens is 461 g/mol. The first-order chi connectivity index (χ1) is 16.9. The summed E-state index contributed by atoms with van der Waals surface area (Å²) in [6, 6.07) is 5.91. The topological polar surface area (TPSA) is 86.0 Å². The Hall–Kier alpha value is -3.18. The molecule has 2 aromatic heterocycles. The SMILES string of the molecule is O=C(NCc1cccc(C(F)F)c1F)c1cc(N2CCC(N3CCC(O)C3)CC2)c2ncnn2c1. The molecule has 8 nitrogen and oxygen atoms in total. The van der Waals surface area contributed by atoms with Gasteiger partial charge >= 0.3 is 0 Å². The second kappa shape index (κ2) is 9.82. The van der Waals surface area contributed by atoms with E-state index in [1.807, 2.05) is 0 Å². The van der Waals surface area contributed by atoms with Gasteiger partial charge in [-0.2, -0.15) is 5.10 Å². The summed E-state index contributed by atoms with van der Waals surface area (Å²) >= 11 is 0. The van der Waals surface area contributed by atoms with Crippen LogP contribution in [0.5, 0.6) is 0 Å². The minimum absolute atomic E-state index is 0.00712. The molecule has 2 fully saturated rings. The number of likely N-dealkylation sites (tertiary alicyclic amines) is 1. The Morgan fingerprint density at radius 3 is 2.71 bits per heavy atom. The molecule has 2 aliphatic rings. The van der Waals surface area contributed by atoms with Crippen molar-refractivity contribution in [2.45, 2.75) is 44.4 Å². The Morgan fingerprint density at radius 1 is 1.20 bits per heavy atom. The van der Waals surface area contributed by atoms with E-state index in [1.54, 1.807) is 12.3 Å². The first-order valence-corrected chi connectivity index (χ1v) is 11.7. The summed E-state index contributed by atoms with van der Waals surface area (Å²) in [5.74, 6) is -1.48. The van der Waals surface area contributed by atoms with E-state index < -0.39 is 23.7 Å². The Bertz CT molecular complexity index is 1210. The highest BCUT2D eigenvalue weighted by Gasteiger charge is 2.30. The highest BCUT2D eigenvalue weighted by molar-refractivity contribution is 5.96. The molecule has 5 rings (SSSR count). The number of halogens is 3. The number of aromatic nitrogens is 3. The zero-order valence-electron chi connectivity index (χ0n) is 19.1. The lowest BCUT2D eigenvalue weighted by molar-refractivity contribution is 0.0950. The van der Waals surface area contributed by atoms with E-state index in [1.165, 1.54) is 23.0 Å². The van der Waals surface area contributed by atoms with Gasteiger partial charge in [-0.25, -0.2) is 22.7 Å². The molecule has 2 aliphatic heterocycles. The number of β-amino-alcohol motifs (C(OH)–C–C–N with tert-alkyl or cyclic N) is 1.